The van der Waals surface area contributed by atoms with Gasteiger partial charge < -0.3 is 15.0 Å². The lowest BCUT2D eigenvalue weighted by molar-refractivity contribution is 0.0526. The number of aromatic amines is 1. The van der Waals surface area contributed by atoms with E-state index in [1.807, 2.05) is 0 Å². The molecule has 1 heterocycles. The van der Waals surface area contributed by atoms with E-state index in [-0.39, 0.29) is 5.97 Å². The van der Waals surface area contributed by atoms with E-state index in [4.69, 9.17) is 27.9 Å². The number of benzene rings is 2. The van der Waals surface area contributed by atoms with Crippen LogP contribution >= 0.6 is 23.2 Å². The summed E-state index contributed by atoms with van der Waals surface area (Å²) in [5.41, 5.74) is 2.55. The summed E-state index contributed by atoms with van der Waals surface area (Å²) in [6.45, 7) is 2.10. The molecule has 0 fully saturated rings. The first-order chi connectivity index (χ1) is 11.1. The standard InChI is InChI=1S/C16H13Cl2N3O2/c1-2-23-15(22)9-6-7-11-13(8-9)21-16(19-11)20-12-5-3-4-10(17)14(12)18/h3-8H,2H2,1H3,(H2,19,20,21). The van der Waals surface area contributed by atoms with E-state index < -0.39 is 0 Å². The van der Waals surface area contributed by atoms with Gasteiger partial charge in [0.1, 0.15) is 0 Å². The number of hydrogen-bond donors (Lipinski definition) is 2. The number of carbonyl (C=O) groups excluding carboxylic acids is 1. The zero-order chi connectivity index (χ0) is 16.4. The van der Waals surface area contributed by atoms with Gasteiger partial charge in [0.05, 0.1) is 38.9 Å². The number of aromatic nitrogens is 2. The summed E-state index contributed by atoms with van der Waals surface area (Å²) in [4.78, 5) is 19.3. The molecule has 0 saturated carbocycles. The molecule has 0 saturated heterocycles. The first kappa shape index (κ1) is 15.6. The molecule has 0 aliphatic heterocycles. The summed E-state index contributed by atoms with van der Waals surface area (Å²) in [5, 5.41) is 3.95. The Morgan fingerprint density at radius 1 is 1.30 bits per heavy atom. The number of esters is 1. The average molecular weight is 350 g/mol. The number of nitrogens with one attached hydrogen (secondary N) is 2. The minimum Gasteiger partial charge on any atom is -0.462 e. The van der Waals surface area contributed by atoms with E-state index in [2.05, 4.69) is 15.3 Å². The average Bonchev–Trinajstić information content (AvgIpc) is 2.93. The lowest BCUT2D eigenvalue weighted by Gasteiger charge is -2.05. The van der Waals surface area contributed by atoms with Crippen LogP contribution in [0.5, 0.6) is 0 Å². The normalized spacial score (nSPS) is 10.7. The third-order valence-corrected chi connectivity index (χ3v) is 4.02. The molecule has 7 heteroatoms. The summed E-state index contributed by atoms with van der Waals surface area (Å²) in [6.07, 6.45) is 0. The maximum atomic E-state index is 11.8. The van der Waals surface area contributed by atoms with Gasteiger partial charge in [0.15, 0.2) is 0 Å². The highest BCUT2D eigenvalue weighted by Gasteiger charge is 2.11. The molecule has 0 bridgehead atoms. The lowest BCUT2D eigenvalue weighted by Crippen LogP contribution is -2.04. The maximum Gasteiger partial charge on any atom is 0.338 e. The highest BCUT2D eigenvalue weighted by molar-refractivity contribution is 6.43. The molecule has 118 valence electrons. The molecule has 2 aromatic carbocycles. The van der Waals surface area contributed by atoms with Crippen LogP contribution in [0, 0.1) is 0 Å². The molecule has 0 atom stereocenters. The van der Waals surface area contributed by atoms with Crippen molar-refractivity contribution in [3.8, 4) is 0 Å². The molecule has 0 radical (unpaired) electrons. The molecule has 0 aliphatic rings. The molecule has 23 heavy (non-hydrogen) atoms. The van der Waals surface area contributed by atoms with Gasteiger partial charge in [0.25, 0.3) is 0 Å². The van der Waals surface area contributed by atoms with E-state index in [0.717, 1.165) is 11.0 Å². The Morgan fingerprint density at radius 3 is 2.91 bits per heavy atom. The fourth-order valence-corrected chi connectivity index (χ4v) is 2.49. The van der Waals surface area contributed by atoms with Crippen molar-refractivity contribution in [1.29, 1.82) is 0 Å². The summed E-state index contributed by atoms with van der Waals surface area (Å²) in [7, 11) is 0. The zero-order valence-corrected chi connectivity index (χ0v) is 13.7. The fourth-order valence-electron chi connectivity index (χ4n) is 2.14. The number of anilines is 2. The number of carbonyl (C=O) groups is 1. The monoisotopic (exact) mass is 349 g/mol. The minimum atomic E-state index is -0.364. The van der Waals surface area contributed by atoms with Crippen molar-refractivity contribution in [2.24, 2.45) is 0 Å². The van der Waals surface area contributed by atoms with Gasteiger partial charge in [0.2, 0.25) is 5.95 Å². The van der Waals surface area contributed by atoms with Crippen LogP contribution in [0.1, 0.15) is 17.3 Å². The first-order valence-electron chi connectivity index (χ1n) is 6.96. The van der Waals surface area contributed by atoms with Crippen LogP contribution in [0.4, 0.5) is 11.6 Å². The predicted octanol–water partition coefficient (Wildman–Crippen LogP) is 4.79. The number of rotatable bonds is 4. The van der Waals surface area contributed by atoms with Crippen LogP contribution in [0.2, 0.25) is 10.0 Å². The Hall–Kier alpha value is -2.24. The molecular weight excluding hydrogens is 337 g/mol. The maximum absolute atomic E-state index is 11.8. The summed E-state index contributed by atoms with van der Waals surface area (Å²) in [6, 6.07) is 10.4. The predicted molar refractivity (Wildman–Crippen MR) is 91.8 cm³/mol. The molecule has 5 nitrogen and oxygen atoms in total. The van der Waals surface area contributed by atoms with Gasteiger partial charge >= 0.3 is 5.97 Å². The molecule has 1 aromatic heterocycles. The van der Waals surface area contributed by atoms with Crippen LogP contribution in [0.15, 0.2) is 36.4 Å². The molecule has 0 amide bonds. The van der Waals surface area contributed by atoms with Crippen molar-refractivity contribution in [2.45, 2.75) is 6.92 Å². The number of ether oxygens (including phenoxy) is 1. The number of hydrogen-bond acceptors (Lipinski definition) is 4. The molecule has 0 unspecified atom stereocenters. The van der Waals surface area contributed by atoms with Crippen molar-refractivity contribution in [3.05, 3.63) is 52.0 Å². The van der Waals surface area contributed by atoms with Crippen molar-refractivity contribution in [1.82, 2.24) is 9.97 Å². The van der Waals surface area contributed by atoms with Gasteiger partial charge in [-0.15, -0.1) is 0 Å². The number of fused-ring (bicyclic) bond motifs is 1. The van der Waals surface area contributed by atoms with Gasteiger partial charge in [0, 0.05) is 0 Å². The second kappa shape index (κ2) is 6.48. The first-order valence-corrected chi connectivity index (χ1v) is 7.72. The van der Waals surface area contributed by atoms with Gasteiger partial charge in [-0.1, -0.05) is 29.3 Å². The van der Waals surface area contributed by atoms with Crippen LogP contribution in [-0.2, 0) is 4.74 Å². The van der Waals surface area contributed by atoms with Crippen LogP contribution in [-0.4, -0.2) is 22.5 Å². The van der Waals surface area contributed by atoms with Crippen molar-refractivity contribution in [3.63, 3.8) is 0 Å². The number of imidazole rings is 1. The zero-order valence-electron chi connectivity index (χ0n) is 12.2. The Bertz CT molecular complexity index is 877. The van der Waals surface area contributed by atoms with Crippen molar-refractivity contribution >= 4 is 51.8 Å². The Kier molecular flexibility index (Phi) is 4.41. The highest BCUT2D eigenvalue weighted by Crippen LogP contribution is 2.31. The third-order valence-electron chi connectivity index (χ3n) is 3.20. The Balaban J connectivity index is 1.91. The minimum absolute atomic E-state index is 0.333. The number of nitrogens with zero attached hydrogens (tertiary/aromatic N) is 1. The molecule has 0 spiro atoms. The lowest BCUT2D eigenvalue weighted by atomic mass is 10.2. The Labute approximate surface area is 142 Å². The summed E-state index contributed by atoms with van der Waals surface area (Å²) in [5.74, 6) is 0.140. The van der Waals surface area contributed by atoms with Crippen LogP contribution in [0.25, 0.3) is 11.0 Å². The van der Waals surface area contributed by atoms with E-state index >= 15 is 0 Å². The fraction of sp³-hybridized carbons (Fsp3) is 0.125. The summed E-state index contributed by atoms with van der Waals surface area (Å²) >= 11 is 12.1. The second-order valence-corrected chi connectivity index (χ2v) is 5.55. The summed E-state index contributed by atoms with van der Waals surface area (Å²) < 4.78 is 4.99. The van der Waals surface area contributed by atoms with E-state index in [0.29, 0.717) is 33.9 Å². The quantitative estimate of drug-likeness (QED) is 0.664. The second-order valence-electron chi connectivity index (χ2n) is 4.76. The Morgan fingerprint density at radius 2 is 2.13 bits per heavy atom. The molecule has 2 N–H and O–H groups in total. The topological polar surface area (TPSA) is 67.0 Å². The number of H-pyrrole nitrogens is 1. The van der Waals surface area contributed by atoms with Crippen molar-refractivity contribution < 1.29 is 9.53 Å². The highest BCUT2D eigenvalue weighted by atomic mass is 35.5. The van der Waals surface area contributed by atoms with Crippen molar-refractivity contribution in [2.75, 3.05) is 11.9 Å². The van der Waals surface area contributed by atoms with E-state index in [9.17, 15) is 4.79 Å². The molecule has 3 aromatic rings. The SMILES string of the molecule is CCOC(=O)c1ccc2nc(Nc3cccc(Cl)c3Cl)[nH]c2c1. The smallest absolute Gasteiger partial charge is 0.338 e. The molecular formula is C16H13Cl2N3O2. The van der Waals surface area contributed by atoms with E-state index in [1.54, 1.807) is 43.3 Å². The van der Waals surface area contributed by atoms with Crippen LogP contribution in [0.3, 0.4) is 0 Å². The third kappa shape index (κ3) is 3.25. The number of halogens is 2. The van der Waals surface area contributed by atoms with Gasteiger partial charge in [-0.2, -0.15) is 0 Å². The van der Waals surface area contributed by atoms with E-state index in [1.165, 1.54) is 0 Å². The largest absolute Gasteiger partial charge is 0.462 e. The van der Waals surface area contributed by atoms with Gasteiger partial charge in [-0.25, -0.2) is 9.78 Å². The van der Waals surface area contributed by atoms with Gasteiger partial charge in [-0.3, -0.25) is 0 Å². The van der Waals surface area contributed by atoms with Gasteiger partial charge in [-0.05, 0) is 37.3 Å². The van der Waals surface area contributed by atoms with Crippen LogP contribution < -0.4 is 5.32 Å². The molecule has 3 rings (SSSR count). The molecule has 0 aliphatic carbocycles.